The summed E-state index contributed by atoms with van der Waals surface area (Å²) < 4.78 is 0. The minimum absolute atomic E-state index is 0.0180. The quantitative estimate of drug-likeness (QED) is 0.891. The van der Waals surface area contributed by atoms with Crippen LogP contribution in [0.3, 0.4) is 0 Å². The van der Waals surface area contributed by atoms with Crippen molar-refractivity contribution in [2.24, 2.45) is 5.92 Å². The molecule has 3 rings (SSSR count). The van der Waals surface area contributed by atoms with Crippen LogP contribution in [0.5, 0.6) is 0 Å². The molecule has 1 unspecified atom stereocenters. The first kappa shape index (κ1) is 17.9. The number of carbonyl (C=O) groups excluding carboxylic acids is 2. The average molecular weight is 345 g/mol. The zero-order valence-electron chi connectivity index (χ0n) is 14.8. The maximum Gasteiger partial charge on any atom is 0.243 e. The van der Waals surface area contributed by atoms with E-state index in [4.69, 9.17) is 4.84 Å². The van der Waals surface area contributed by atoms with Gasteiger partial charge in [0.05, 0.1) is 7.11 Å². The molecule has 1 aromatic rings. The van der Waals surface area contributed by atoms with E-state index < -0.39 is 6.04 Å². The molecule has 2 heterocycles. The SMILES string of the molecule is CON1CCC(C(=O)N2CCCNC(=O)C2Cc2ccccc2)CC1. The second-order valence-corrected chi connectivity index (χ2v) is 6.77. The minimum Gasteiger partial charge on any atom is -0.354 e. The Morgan fingerprint density at radius 2 is 1.92 bits per heavy atom. The molecule has 2 aliphatic heterocycles. The van der Waals surface area contributed by atoms with E-state index in [0.717, 1.165) is 37.9 Å². The van der Waals surface area contributed by atoms with Crippen molar-refractivity contribution in [2.45, 2.75) is 31.7 Å². The van der Waals surface area contributed by atoms with Gasteiger partial charge >= 0.3 is 0 Å². The van der Waals surface area contributed by atoms with Crippen molar-refractivity contribution >= 4 is 11.8 Å². The highest BCUT2D eigenvalue weighted by atomic mass is 16.7. The van der Waals surface area contributed by atoms with E-state index in [-0.39, 0.29) is 17.7 Å². The lowest BCUT2D eigenvalue weighted by Gasteiger charge is -2.35. The van der Waals surface area contributed by atoms with E-state index in [1.54, 1.807) is 7.11 Å². The van der Waals surface area contributed by atoms with E-state index in [9.17, 15) is 9.59 Å². The summed E-state index contributed by atoms with van der Waals surface area (Å²) in [6, 6.07) is 9.50. The summed E-state index contributed by atoms with van der Waals surface area (Å²) in [6.45, 7) is 2.79. The van der Waals surface area contributed by atoms with Crippen molar-refractivity contribution < 1.29 is 14.4 Å². The highest BCUT2D eigenvalue weighted by Crippen LogP contribution is 2.23. The molecule has 25 heavy (non-hydrogen) atoms. The number of amides is 2. The topological polar surface area (TPSA) is 61.9 Å². The number of rotatable bonds is 4. The number of benzene rings is 1. The molecule has 6 heteroatoms. The van der Waals surface area contributed by atoms with Gasteiger partial charge in [-0.1, -0.05) is 30.3 Å². The van der Waals surface area contributed by atoms with Crippen molar-refractivity contribution in [2.75, 3.05) is 33.3 Å². The van der Waals surface area contributed by atoms with Gasteiger partial charge < -0.3 is 15.1 Å². The molecule has 0 aliphatic carbocycles. The van der Waals surface area contributed by atoms with Crippen LogP contribution >= 0.6 is 0 Å². The average Bonchev–Trinajstić information content (AvgIpc) is 2.84. The molecule has 0 aromatic heterocycles. The molecule has 1 N–H and O–H groups in total. The summed E-state index contributed by atoms with van der Waals surface area (Å²) in [6.07, 6.45) is 2.93. The predicted molar refractivity (Wildman–Crippen MR) is 94.6 cm³/mol. The third kappa shape index (κ3) is 4.38. The van der Waals surface area contributed by atoms with Crippen LogP contribution in [0.4, 0.5) is 0 Å². The Balaban J connectivity index is 1.73. The monoisotopic (exact) mass is 345 g/mol. The molecule has 1 aromatic carbocycles. The Hall–Kier alpha value is -1.92. The summed E-state index contributed by atoms with van der Waals surface area (Å²) in [7, 11) is 1.66. The number of carbonyl (C=O) groups is 2. The Kier molecular flexibility index (Phi) is 6.04. The lowest BCUT2D eigenvalue weighted by molar-refractivity contribution is -0.160. The van der Waals surface area contributed by atoms with Gasteiger partial charge in [-0.2, -0.15) is 5.06 Å². The lowest BCUT2D eigenvalue weighted by Crippen LogP contribution is -2.51. The normalized spacial score (nSPS) is 23.2. The fourth-order valence-electron chi connectivity index (χ4n) is 3.70. The Bertz CT molecular complexity index is 585. The number of nitrogens with zero attached hydrogens (tertiary/aromatic N) is 2. The summed E-state index contributed by atoms with van der Waals surface area (Å²) in [5.74, 6) is 0.0633. The second-order valence-electron chi connectivity index (χ2n) is 6.77. The molecule has 0 saturated carbocycles. The van der Waals surface area contributed by atoms with Gasteiger partial charge in [0.1, 0.15) is 6.04 Å². The van der Waals surface area contributed by atoms with Crippen molar-refractivity contribution in [1.82, 2.24) is 15.3 Å². The van der Waals surface area contributed by atoms with Crippen LogP contribution in [0.15, 0.2) is 30.3 Å². The molecule has 2 aliphatic rings. The standard InChI is InChI=1S/C19H27N3O3/c1-25-21-12-8-16(9-13-21)19(24)22-11-5-10-20-18(23)17(22)14-15-6-3-2-4-7-15/h2-4,6-7,16-17H,5,8-14H2,1H3,(H,20,23). The minimum atomic E-state index is -0.419. The van der Waals surface area contributed by atoms with Crippen LogP contribution in [0.2, 0.25) is 0 Å². The zero-order chi connectivity index (χ0) is 17.6. The third-order valence-electron chi connectivity index (χ3n) is 5.17. The number of hydrogen-bond acceptors (Lipinski definition) is 4. The Morgan fingerprint density at radius 3 is 2.60 bits per heavy atom. The number of nitrogens with one attached hydrogen (secondary N) is 1. The van der Waals surface area contributed by atoms with Gasteiger partial charge in [0.25, 0.3) is 0 Å². The Morgan fingerprint density at radius 1 is 1.20 bits per heavy atom. The Labute approximate surface area is 149 Å². The maximum atomic E-state index is 13.1. The second kappa shape index (κ2) is 8.45. The van der Waals surface area contributed by atoms with E-state index >= 15 is 0 Å². The number of hydroxylamine groups is 2. The van der Waals surface area contributed by atoms with Crippen molar-refractivity contribution in [3.8, 4) is 0 Å². The van der Waals surface area contributed by atoms with Gasteiger partial charge in [-0.3, -0.25) is 9.59 Å². The smallest absolute Gasteiger partial charge is 0.243 e. The molecular weight excluding hydrogens is 318 g/mol. The zero-order valence-corrected chi connectivity index (χ0v) is 14.8. The van der Waals surface area contributed by atoms with Gasteiger partial charge in [0, 0.05) is 38.5 Å². The van der Waals surface area contributed by atoms with E-state index in [0.29, 0.717) is 19.5 Å². The molecule has 0 spiro atoms. The molecule has 2 amide bonds. The summed E-state index contributed by atoms with van der Waals surface area (Å²) >= 11 is 0. The molecule has 136 valence electrons. The molecule has 6 nitrogen and oxygen atoms in total. The van der Waals surface area contributed by atoms with Crippen molar-refractivity contribution in [1.29, 1.82) is 0 Å². The van der Waals surface area contributed by atoms with E-state index in [1.807, 2.05) is 40.3 Å². The van der Waals surface area contributed by atoms with Crippen LogP contribution in [-0.2, 0) is 20.8 Å². The van der Waals surface area contributed by atoms with Crippen molar-refractivity contribution in [3.63, 3.8) is 0 Å². The van der Waals surface area contributed by atoms with Gasteiger partial charge in [-0.25, -0.2) is 0 Å². The van der Waals surface area contributed by atoms with Gasteiger partial charge in [-0.15, -0.1) is 0 Å². The van der Waals surface area contributed by atoms with Crippen LogP contribution in [-0.4, -0.2) is 61.1 Å². The summed E-state index contributed by atoms with van der Waals surface area (Å²) in [5, 5.41) is 4.85. The van der Waals surface area contributed by atoms with E-state index in [1.165, 1.54) is 0 Å². The third-order valence-corrected chi connectivity index (χ3v) is 5.17. The lowest BCUT2D eigenvalue weighted by atomic mass is 9.94. The van der Waals surface area contributed by atoms with Crippen LogP contribution in [0.25, 0.3) is 0 Å². The summed E-state index contributed by atoms with van der Waals surface area (Å²) in [5.41, 5.74) is 1.08. The molecule has 2 fully saturated rings. The first-order valence-electron chi connectivity index (χ1n) is 9.10. The largest absolute Gasteiger partial charge is 0.354 e. The summed E-state index contributed by atoms with van der Waals surface area (Å²) in [4.78, 5) is 32.8. The van der Waals surface area contributed by atoms with Crippen LogP contribution < -0.4 is 5.32 Å². The van der Waals surface area contributed by atoms with Gasteiger partial charge in [0.2, 0.25) is 11.8 Å². The molecule has 0 bridgehead atoms. The van der Waals surface area contributed by atoms with E-state index in [2.05, 4.69) is 5.32 Å². The molecule has 0 radical (unpaired) electrons. The fraction of sp³-hybridized carbons (Fsp3) is 0.579. The molecule has 2 saturated heterocycles. The maximum absolute atomic E-state index is 13.1. The number of piperidine rings is 1. The van der Waals surface area contributed by atoms with Crippen LogP contribution in [0, 0.1) is 5.92 Å². The molecule has 1 atom stereocenters. The van der Waals surface area contributed by atoms with Crippen molar-refractivity contribution in [3.05, 3.63) is 35.9 Å². The predicted octanol–water partition coefficient (Wildman–Crippen LogP) is 1.22. The fourth-order valence-corrected chi connectivity index (χ4v) is 3.70. The highest BCUT2D eigenvalue weighted by Gasteiger charge is 2.36. The van der Waals surface area contributed by atoms with Crippen LogP contribution in [0.1, 0.15) is 24.8 Å². The highest BCUT2D eigenvalue weighted by molar-refractivity contribution is 5.89. The molecular formula is C19H27N3O3. The number of hydrogen-bond donors (Lipinski definition) is 1. The first-order valence-corrected chi connectivity index (χ1v) is 9.10. The van der Waals surface area contributed by atoms with Gasteiger partial charge in [0.15, 0.2) is 0 Å². The van der Waals surface area contributed by atoms with Gasteiger partial charge in [-0.05, 0) is 24.8 Å². The first-order chi connectivity index (χ1) is 12.2.